The number of methoxy groups -OCH3 is 1. The van der Waals surface area contributed by atoms with E-state index in [2.05, 4.69) is 27.3 Å². The van der Waals surface area contributed by atoms with Gasteiger partial charge in [-0.1, -0.05) is 35.5 Å². The molecule has 0 aliphatic carbocycles. The van der Waals surface area contributed by atoms with E-state index >= 15 is 0 Å². The van der Waals surface area contributed by atoms with Gasteiger partial charge in [-0.3, -0.25) is 9.69 Å². The quantitative estimate of drug-likeness (QED) is 0.626. The Morgan fingerprint density at radius 1 is 1.10 bits per heavy atom. The van der Waals surface area contributed by atoms with Crippen LogP contribution in [0.15, 0.2) is 48.5 Å². The largest absolute Gasteiger partial charge is 0.496 e. The number of fused-ring (bicyclic) bond motifs is 1. The lowest BCUT2D eigenvalue weighted by Crippen LogP contribution is -2.42. The van der Waals surface area contributed by atoms with E-state index in [1.54, 1.807) is 7.11 Å². The Kier molecular flexibility index (Phi) is 4.67. The number of nitrogens with zero attached hydrogens (tertiary/aromatic N) is 5. The fraction of sp³-hybridized carbons (Fsp3) is 0.409. The summed E-state index contributed by atoms with van der Waals surface area (Å²) in [5, 5.41) is 8.62. The molecule has 1 amide bonds. The van der Waals surface area contributed by atoms with Gasteiger partial charge in [-0.2, -0.15) is 0 Å². The van der Waals surface area contributed by atoms with Crippen LogP contribution in [0.1, 0.15) is 24.4 Å². The second-order valence-electron chi connectivity index (χ2n) is 7.84. The van der Waals surface area contributed by atoms with Crippen LogP contribution in [0.25, 0.3) is 11.0 Å². The van der Waals surface area contributed by atoms with Crippen molar-refractivity contribution in [3.8, 4) is 5.75 Å². The van der Waals surface area contributed by atoms with Gasteiger partial charge in [-0.15, -0.1) is 5.10 Å². The molecule has 0 radical (unpaired) electrons. The predicted octanol–water partition coefficient (Wildman–Crippen LogP) is 2.49. The Labute approximate surface area is 169 Å². The lowest BCUT2D eigenvalue weighted by atomic mass is 10.0. The zero-order chi connectivity index (χ0) is 19.8. The number of carbonyl (C=O) groups is 1. The van der Waals surface area contributed by atoms with Gasteiger partial charge in [-0.25, -0.2) is 4.68 Å². The van der Waals surface area contributed by atoms with Gasteiger partial charge in [0.2, 0.25) is 5.91 Å². The lowest BCUT2D eigenvalue weighted by molar-refractivity contribution is -0.132. The Morgan fingerprint density at radius 2 is 1.86 bits per heavy atom. The summed E-state index contributed by atoms with van der Waals surface area (Å²) >= 11 is 0. The van der Waals surface area contributed by atoms with E-state index in [1.807, 2.05) is 46.0 Å². The summed E-state index contributed by atoms with van der Waals surface area (Å²) in [4.78, 5) is 17.2. The molecule has 2 atom stereocenters. The molecule has 0 bridgehead atoms. The van der Waals surface area contributed by atoms with Crippen LogP contribution in [0, 0.1) is 0 Å². The van der Waals surface area contributed by atoms with Crippen LogP contribution in [-0.4, -0.2) is 63.5 Å². The van der Waals surface area contributed by atoms with Crippen molar-refractivity contribution in [2.75, 3.05) is 26.7 Å². The van der Waals surface area contributed by atoms with Crippen molar-refractivity contribution in [3.63, 3.8) is 0 Å². The third kappa shape index (κ3) is 3.46. The normalized spacial score (nSPS) is 22.0. The van der Waals surface area contributed by atoms with Crippen molar-refractivity contribution < 1.29 is 9.53 Å². The number of hydrogen-bond donors (Lipinski definition) is 0. The summed E-state index contributed by atoms with van der Waals surface area (Å²) < 4.78 is 7.46. The molecule has 7 heteroatoms. The van der Waals surface area contributed by atoms with Crippen LogP contribution in [-0.2, 0) is 11.3 Å². The Balaban J connectivity index is 1.18. The van der Waals surface area contributed by atoms with Gasteiger partial charge >= 0.3 is 0 Å². The van der Waals surface area contributed by atoms with Crippen molar-refractivity contribution in [1.82, 2.24) is 24.8 Å². The van der Waals surface area contributed by atoms with Gasteiger partial charge in [-0.05, 0) is 31.0 Å². The van der Waals surface area contributed by atoms with Gasteiger partial charge in [0.25, 0.3) is 0 Å². The van der Waals surface area contributed by atoms with Crippen LogP contribution in [0.4, 0.5) is 0 Å². The molecule has 7 nitrogen and oxygen atoms in total. The van der Waals surface area contributed by atoms with Crippen molar-refractivity contribution in [2.45, 2.75) is 31.5 Å². The van der Waals surface area contributed by atoms with Gasteiger partial charge in [0, 0.05) is 31.7 Å². The maximum Gasteiger partial charge on any atom is 0.241 e. The van der Waals surface area contributed by atoms with Crippen LogP contribution >= 0.6 is 0 Å². The van der Waals surface area contributed by atoms with E-state index in [0.717, 1.165) is 61.4 Å². The molecule has 0 saturated carbocycles. The lowest BCUT2D eigenvalue weighted by Gasteiger charge is -2.32. The van der Waals surface area contributed by atoms with Crippen LogP contribution < -0.4 is 4.74 Å². The molecule has 2 fully saturated rings. The van der Waals surface area contributed by atoms with Crippen molar-refractivity contribution >= 4 is 16.9 Å². The van der Waals surface area contributed by atoms with Crippen LogP contribution in [0.3, 0.4) is 0 Å². The van der Waals surface area contributed by atoms with E-state index in [-0.39, 0.29) is 11.9 Å². The number of hydrogen-bond acceptors (Lipinski definition) is 5. The van der Waals surface area contributed by atoms with E-state index in [1.165, 1.54) is 0 Å². The standard InChI is InChI=1S/C22H25N5O2/c1-29-21-9-5-2-6-16(21)14-26-15-20(26)22(28)25-12-10-17(11-13-25)27-19-8-4-3-7-18(19)23-24-27/h2-9,17,20H,10-15H2,1H3. The molecule has 150 valence electrons. The molecule has 0 N–H and O–H groups in total. The average Bonchev–Trinajstić information content (AvgIpc) is 3.40. The summed E-state index contributed by atoms with van der Waals surface area (Å²) in [6.45, 7) is 3.12. The third-order valence-corrected chi connectivity index (χ3v) is 6.07. The third-order valence-electron chi connectivity index (χ3n) is 6.07. The number of para-hydroxylation sites is 2. The van der Waals surface area contributed by atoms with Crippen molar-refractivity contribution in [3.05, 3.63) is 54.1 Å². The molecular formula is C22H25N5O2. The zero-order valence-electron chi connectivity index (χ0n) is 16.6. The molecule has 2 unspecified atom stereocenters. The molecule has 29 heavy (non-hydrogen) atoms. The van der Waals surface area contributed by atoms with E-state index < -0.39 is 0 Å². The maximum atomic E-state index is 12.9. The molecule has 0 spiro atoms. The molecule has 2 saturated heterocycles. The molecule has 2 aliphatic heterocycles. The maximum absolute atomic E-state index is 12.9. The monoisotopic (exact) mass is 391 g/mol. The highest BCUT2D eigenvalue weighted by Crippen LogP contribution is 2.30. The topological polar surface area (TPSA) is 63.3 Å². The number of rotatable bonds is 5. The second-order valence-corrected chi connectivity index (χ2v) is 7.84. The Hall–Kier alpha value is -2.93. The highest BCUT2D eigenvalue weighted by Gasteiger charge is 2.43. The second kappa shape index (κ2) is 7.48. The first kappa shape index (κ1) is 18.1. The number of aromatic nitrogens is 3. The average molecular weight is 391 g/mol. The highest BCUT2D eigenvalue weighted by molar-refractivity contribution is 5.85. The van der Waals surface area contributed by atoms with Gasteiger partial charge in [0.15, 0.2) is 0 Å². The zero-order valence-corrected chi connectivity index (χ0v) is 16.6. The summed E-state index contributed by atoms with van der Waals surface area (Å²) in [6, 6.07) is 16.4. The summed E-state index contributed by atoms with van der Waals surface area (Å²) in [5.74, 6) is 1.13. The van der Waals surface area contributed by atoms with Gasteiger partial charge in [0.1, 0.15) is 17.3 Å². The summed E-state index contributed by atoms with van der Waals surface area (Å²) in [5.41, 5.74) is 3.13. The highest BCUT2D eigenvalue weighted by atomic mass is 16.5. The number of amides is 1. The minimum atomic E-state index is 0.00339. The summed E-state index contributed by atoms with van der Waals surface area (Å²) in [6.07, 6.45) is 1.83. The van der Waals surface area contributed by atoms with E-state index in [0.29, 0.717) is 6.04 Å². The first-order valence-electron chi connectivity index (χ1n) is 10.2. The molecule has 2 aromatic carbocycles. The van der Waals surface area contributed by atoms with Crippen LogP contribution in [0.5, 0.6) is 5.75 Å². The van der Waals surface area contributed by atoms with Crippen molar-refractivity contribution in [1.29, 1.82) is 0 Å². The fourth-order valence-corrected chi connectivity index (χ4v) is 4.33. The SMILES string of the molecule is COc1ccccc1CN1CC1C(=O)N1CCC(n2nnc3ccccc32)CC1. The first-order valence-corrected chi connectivity index (χ1v) is 10.2. The molecule has 5 rings (SSSR count). The number of carbonyl (C=O) groups excluding carboxylic acids is 1. The minimum Gasteiger partial charge on any atom is -0.496 e. The fourth-order valence-electron chi connectivity index (χ4n) is 4.33. The molecule has 3 aromatic rings. The van der Waals surface area contributed by atoms with Crippen LogP contribution in [0.2, 0.25) is 0 Å². The Morgan fingerprint density at radius 3 is 2.69 bits per heavy atom. The minimum absolute atomic E-state index is 0.00339. The molecule has 2 aliphatic rings. The molecule has 3 heterocycles. The molecular weight excluding hydrogens is 366 g/mol. The smallest absolute Gasteiger partial charge is 0.241 e. The van der Waals surface area contributed by atoms with Gasteiger partial charge in [0.05, 0.1) is 18.7 Å². The Bertz CT molecular complexity index is 1020. The van der Waals surface area contributed by atoms with E-state index in [9.17, 15) is 4.79 Å². The van der Waals surface area contributed by atoms with Crippen molar-refractivity contribution in [2.24, 2.45) is 0 Å². The number of piperidine rings is 1. The van der Waals surface area contributed by atoms with Gasteiger partial charge < -0.3 is 9.64 Å². The molecule has 1 aromatic heterocycles. The van der Waals surface area contributed by atoms with E-state index in [4.69, 9.17) is 4.74 Å². The predicted molar refractivity (Wildman–Crippen MR) is 110 cm³/mol. The number of benzene rings is 2. The number of ether oxygens (including phenoxy) is 1. The summed E-state index contributed by atoms with van der Waals surface area (Å²) in [7, 11) is 1.69. The number of likely N-dealkylation sites (tertiary alicyclic amines) is 1. The first-order chi connectivity index (χ1) is 14.2.